The second kappa shape index (κ2) is 25.2. The van der Waals surface area contributed by atoms with Crippen molar-refractivity contribution in [3.05, 3.63) is 122 Å². The molecule has 4 aromatic heterocycles. The van der Waals surface area contributed by atoms with E-state index >= 15 is 0 Å². The van der Waals surface area contributed by atoms with Gasteiger partial charge >= 0.3 is 0 Å². The molecular weight excluding hydrogens is 968 g/mol. The third-order valence-electron chi connectivity index (χ3n) is 12.4. The monoisotopic (exact) mass is 1030 g/mol. The fourth-order valence-electron chi connectivity index (χ4n) is 8.40. The molecular formula is C56H67ClN14O4. The maximum atomic E-state index is 12.5. The molecule has 0 fully saturated rings. The van der Waals surface area contributed by atoms with E-state index in [1.165, 1.54) is 6.08 Å². The average Bonchev–Trinajstić information content (AvgIpc) is 3.93. The standard InChI is InChI=1S/C28H34ClN7O2.C28H33N7O2/c1-34(2)14-15-35(3)25-17-26(38-5)23(16-22(25)31-27(37)10-12-29)33-28-30-13-11-21(32-28)20-18-36(4)24-9-7-6-8-19(20)24;1-7-27(36)30-22-16-23(26(37-6)17-25(22)34(4)15-14-33(2)3)32-28-29-13-12-21(31-28)20-18-35(5)24-11-9-8-10-19(20)24/h6-9,11,13,16-18H,10,12,14-15H2,1-5H3,(H,31,37)(H,30,32,33);7-13,16-18H,1,14-15H2,2-6H3,(H,30,36)(H,29,31,32). The Hall–Kier alpha value is -8.19. The van der Waals surface area contributed by atoms with Crippen molar-refractivity contribution in [2.75, 3.05) is 120 Å². The number of amides is 2. The van der Waals surface area contributed by atoms with Crippen molar-refractivity contribution in [3.8, 4) is 34.0 Å². The number of nitrogens with zero attached hydrogens (tertiary/aromatic N) is 10. The van der Waals surface area contributed by atoms with Crippen LogP contribution in [0.4, 0.5) is 46.0 Å². The summed E-state index contributed by atoms with van der Waals surface area (Å²) in [6, 6.07) is 27.7. The Labute approximate surface area is 444 Å². The lowest BCUT2D eigenvalue weighted by molar-refractivity contribution is -0.116. The number of hydrogen-bond acceptors (Lipinski definition) is 14. The SMILES string of the molecule is C=CC(=O)Nc1cc(Nc2nccc(-c3cn(C)c4ccccc34)n2)c(OC)cc1N(C)CCN(C)C.COc1cc(N(C)CCN(C)C)c(NC(=O)CCCl)cc1Nc1nccc(-c2cn(C)c3ccccc23)n1. The quantitative estimate of drug-likeness (QED) is 0.0396. The van der Waals surface area contributed by atoms with Crippen LogP contribution in [0.5, 0.6) is 11.5 Å². The van der Waals surface area contributed by atoms with Crippen molar-refractivity contribution < 1.29 is 19.1 Å². The number of aromatic nitrogens is 6. The first-order chi connectivity index (χ1) is 36.1. The number of carbonyl (C=O) groups is 2. The number of benzene rings is 4. The Bertz CT molecular complexity index is 3280. The van der Waals surface area contributed by atoms with Crippen molar-refractivity contribution in [2.45, 2.75) is 6.42 Å². The van der Waals surface area contributed by atoms with E-state index in [1.54, 1.807) is 26.6 Å². The van der Waals surface area contributed by atoms with E-state index in [4.69, 9.17) is 31.0 Å². The van der Waals surface area contributed by atoms with E-state index < -0.39 is 0 Å². The Morgan fingerprint density at radius 3 is 1.48 bits per heavy atom. The molecule has 4 aromatic carbocycles. The number of nitrogens with one attached hydrogen (secondary N) is 4. The van der Waals surface area contributed by atoms with Crippen molar-refractivity contribution >= 4 is 91.2 Å². The molecule has 0 aliphatic heterocycles. The lowest BCUT2D eigenvalue weighted by Gasteiger charge is -2.26. The minimum absolute atomic E-state index is 0.160. The van der Waals surface area contributed by atoms with Crippen molar-refractivity contribution in [3.63, 3.8) is 0 Å². The van der Waals surface area contributed by atoms with Gasteiger partial charge in [0, 0.05) is 137 Å². The largest absolute Gasteiger partial charge is 0.494 e. The topological polar surface area (TPSA) is 175 Å². The Kier molecular flexibility index (Phi) is 18.3. The number of methoxy groups -OCH3 is 2. The Morgan fingerprint density at radius 2 is 1.07 bits per heavy atom. The molecule has 4 heterocycles. The second-order valence-electron chi connectivity index (χ2n) is 18.4. The van der Waals surface area contributed by atoms with Gasteiger partial charge in [0.25, 0.3) is 0 Å². The smallest absolute Gasteiger partial charge is 0.247 e. The molecule has 18 nitrogen and oxygen atoms in total. The van der Waals surface area contributed by atoms with E-state index in [2.05, 4.69) is 103 Å². The van der Waals surface area contributed by atoms with Crippen LogP contribution in [0.15, 0.2) is 122 Å². The van der Waals surface area contributed by atoms with Crippen LogP contribution < -0.4 is 40.5 Å². The molecule has 4 N–H and O–H groups in total. The van der Waals surface area contributed by atoms with Gasteiger partial charge in [-0.15, -0.1) is 11.6 Å². The van der Waals surface area contributed by atoms with Crippen LogP contribution in [0.2, 0.25) is 0 Å². The number of hydrogen-bond donors (Lipinski definition) is 4. The Balaban J connectivity index is 0.000000219. The van der Waals surface area contributed by atoms with Gasteiger partial charge in [0.2, 0.25) is 23.7 Å². The van der Waals surface area contributed by atoms with Crippen LogP contribution >= 0.6 is 11.6 Å². The predicted octanol–water partition coefficient (Wildman–Crippen LogP) is 9.46. The average molecular weight is 1040 g/mol. The minimum Gasteiger partial charge on any atom is -0.494 e. The van der Waals surface area contributed by atoms with Crippen LogP contribution in [-0.4, -0.2) is 139 Å². The third-order valence-corrected chi connectivity index (χ3v) is 12.6. The van der Waals surface area contributed by atoms with Gasteiger partial charge in [-0.25, -0.2) is 19.9 Å². The minimum atomic E-state index is -0.299. The lowest BCUT2D eigenvalue weighted by Crippen LogP contribution is -2.29. The number of carbonyl (C=O) groups excluding carboxylic acids is 2. The summed E-state index contributed by atoms with van der Waals surface area (Å²) in [4.78, 5) is 51.5. The number of alkyl halides is 1. The zero-order chi connectivity index (χ0) is 53.8. The summed E-state index contributed by atoms with van der Waals surface area (Å²) in [5, 5.41) is 14.7. The van der Waals surface area contributed by atoms with Crippen molar-refractivity contribution in [1.29, 1.82) is 0 Å². The number of anilines is 8. The van der Waals surface area contributed by atoms with Gasteiger partial charge in [0.15, 0.2) is 0 Å². The van der Waals surface area contributed by atoms with E-state index in [9.17, 15) is 9.59 Å². The molecule has 8 rings (SSSR count). The van der Waals surface area contributed by atoms with E-state index in [-0.39, 0.29) is 24.1 Å². The van der Waals surface area contributed by atoms with E-state index in [1.807, 2.05) is 117 Å². The van der Waals surface area contributed by atoms with Crippen LogP contribution in [0.25, 0.3) is 44.3 Å². The number of likely N-dealkylation sites (N-methyl/N-ethyl adjacent to an activating group) is 4. The number of rotatable bonds is 21. The van der Waals surface area contributed by atoms with Gasteiger partial charge in [-0.3, -0.25) is 9.59 Å². The molecule has 0 saturated carbocycles. The molecule has 0 saturated heterocycles. The fraction of sp³-hybridized carbons (Fsp3) is 0.286. The molecule has 8 aromatic rings. The first-order valence-corrected chi connectivity index (χ1v) is 24.9. The maximum absolute atomic E-state index is 12.5. The number of fused-ring (bicyclic) bond motifs is 2. The maximum Gasteiger partial charge on any atom is 0.247 e. The van der Waals surface area contributed by atoms with Crippen molar-refractivity contribution in [1.82, 2.24) is 38.9 Å². The highest BCUT2D eigenvalue weighted by Gasteiger charge is 2.20. The van der Waals surface area contributed by atoms with Gasteiger partial charge < -0.3 is 59.5 Å². The molecule has 75 heavy (non-hydrogen) atoms. The molecule has 0 spiro atoms. The first-order valence-electron chi connectivity index (χ1n) is 24.3. The molecule has 0 unspecified atom stereocenters. The molecule has 0 aliphatic carbocycles. The van der Waals surface area contributed by atoms with E-state index in [0.717, 1.165) is 81.9 Å². The van der Waals surface area contributed by atoms with Crippen LogP contribution in [0.3, 0.4) is 0 Å². The third kappa shape index (κ3) is 13.5. The molecule has 0 radical (unpaired) electrons. The molecule has 0 aliphatic rings. The highest BCUT2D eigenvalue weighted by Crippen LogP contribution is 2.40. The van der Waals surface area contributed by atoms with Gasteiger partial charge in [-0.2, -0.15) is 0 Å². The summed E-state index contributed by atoms with van der Waals surface area (Å²) in [6.45, 7) is 6.80. The lowest BCUT2D eigenvalue weighted by atomic mass is 10.1. The predicted molar refractivity (Wildman–Crippen MR) is 307 cm³/mol. The summed E-state index contributed by atoms with van der Waals surface area (Å²) in [7, 11) is 19.3. The second-order valence-corrected chi connectivity index (χ2v) is 18.8. The zero-order valence-electron chi connectivity index (χ0n) is 44.4. The first kappa shape index (κ1) is 54.6. The van der Waals surface area contributed by atoms with E-state index in [0.29, 0.717) is 46.1 Å². The summed E-state index contributed by atoms with van der Waals surface area (Å²) in [5.41, 5.74) is 10.1. The van der Waals surface area contributed by atoms with Gasteiger partial charge in [-0.05, 0) is 70.7 Å². The van der Waals surface area contributed by atoms with Gasteiger partial charge in [0.1, 0.15) is 11.5 Å². The number of aryl methyl sites for hydroxylation is 2. The summed E-state index contributed by atoms with van der Waals surface area (Å²) < 4.78 is 15.6. The molecule has 392 valence electrons. The highest BCUT2D eigenvalue weighted by molar-refractivity contribution is 6.19. The summed E-state index contributed by atoms with van der Waals surface area (Å²) >= 11 is 5.81. The summed E-state index contributed by atoms with van der Waals surface area (Å²) in [6.07, 6.45) is 9.05. The number of ether oxygens (including phenoxy) is 2. The number of para-hydroxylation sites is 2. The van der Waals surface area contributed by atoms with Crippen LogP contribution in [0, 0.1) is 0 Å². The fourth-order valence-corrected chi connectivity index (χ4v) is 8.57. The van der Waals surface area contributed by atoms with Gasteiger partial charge in [-0.1, -0.05) is 43.0 Å². The number of halogens is 1. The van der Waals surface area contributed by atoms with Crippen molar-refractivity contribution in [2.24, 2.45) is 14.1 Å². The molecule has 0 bridgehead atoms. The zero-order valence-corrected chi connectivity index (χ0v) is 45.2. The molecule has 2 amide bonds. The highest BCUT2D eigenvalue weighted by atomic mass is 35.5. The van der Waals surface area contributed by atoms with Gasteiger partial charge in [0.05, 0.1) is 59.7 Å². The normalized spacial score (nSPS) is 11.1. The Morgan fingerprint density at radius 1 is 0.627 bits per heavy atom. The summed E-state index contributed by atoms with van der Waals surface area (Å²) in [5.74, 6) is 1.82. The van der Waals surface area contributed by atoms with Crippen LogP contribution in [0.1, 0.15) is 6.42 Å². The van der Waals surface area contributed by atoms with Crippen LogP contribution in [-0.2, 0) is 23.7 Å². The molecule has 19 heteroatoms. The molecule has 0 atom stereocenters.